The summed E-state index contributed by atoms with van der Waals surface area (Å²) in [5.41, 5.74) is 1.03. The molecule has 0 aliphatic carbocycles. The van der Waals surface area contributed by atoms with E-state index in [1.807, 2.05) is 31.2 Å². The molecule has 1 saturated heterocycles. The Morgan fingerprint density at radius 2 is 1.13 bits per heavy atom. The van der Waals surface area contributed by atoms with Gasteiger partial charge in [0.1, 0.15) is 18.4 Å². The lowest BCUT2D eigenvalue weighted by atomic mass is 10.0. The summed E-state index contributed by atoms with van der Waals surface area (Å²) in [6, 6.07) is 6.77. The molecule has 15 heteroatoms. The maximum atomic E-state index is 12.5. The zero-order chi connectivity index (χ0) is 33.7. The van der Waals surface area contributed by atoms with Crippen molar-refractivity contribution < 1.29 is 53.8 Å². The van der Waals surface area contributed by atoms with Crippen molar-refractivity contribution in [2.75, 3.05) is 105 Å². The molecular weight excluding hydrogens is 604 g/mol. The van der Waals surface area contributed by atoms with Gasteiger partial charge in [0.2, 0.25) is 0 Å². The third-order valence-electron chi connectivity index (χ3n) is 7.61. The topological polar surface area (TPSA) is 190 Å². The molecule has 1 atom stereocenters. The lowest BCUT2D eigenvalue weighted by Gasteiger charge is -2.35. The summed E-state index contributed by atoms with van der Waals surface area (Å²) in [5.74, 6) is -3.39. The van der Waals surface area contributed by atoms with E-state index >= 15 is 0 Å². The third kappa shape index (κ3) is 16.8. The van der Waals surface area contributed by atoms with E-state index in [1.165, 1.54) is 0 Å². The number of carboxylic acids is 4. The summed E-state index contributed by atoms with van der Waals surface area (Å²) in [5, 5.41) is 38.4. The molecule has 1 aliphatic heterocycles. The van der Waals surface area contributed by atoms with Crippen molar-refractivity contribution in [1.29, 1.82) is 0 Å². The molecule has 1 aliphatic rings. The molecule has 0 amide bonds. The fourth-order valence-electron chi connectivity index (χ4n) is 5.21. The van der Waals surface area contributed by atoms with Crippen LogP contribution in [0.2, 0.25) is 0 Å². The number of carbonyl (C=O) groups is 4. The average molecular weight is 655 g/mol. The molecule has 4 N–H and O–H groups in total. The summed E-state index contributed by atoms with van der Waals surface area (Å²) < 4.78 is 16.4. The Balaban J connectivity index is 2.02. The molecule has 0 bridgehead atoms. The van der Waals surface area contributed by atoms with E-state index in [0.29, 0.717) is 58.0 Å². The van der Waals surface area contributed by atoms with E-state index in [-0.39, 0.29) is 72.0 Å². The van der Waals surface area contributed by atoms with Crippen molar-refractivity contribution in [2.45, 2.75) is 32.2 Å². The first-order valence-corrected chi connectivity index (χ1v) is 15.7. The fraction of sp³-hybridized carbons (Fsp3) is 0.677. The minimum Gasteiger partial charge on any atom is -0.491 e. The monoisotopic (exact) mass is 654 g/mol. The number of aryl methyl sites for hydroxylation is 1. The predicted molar refractivity (Wildman–Crippen MR) is 167 cm³/mol. The first kappa shape index (κ1) is 38.8. The highest BCUT2D eigenvalue weighted by atomic mass is 16.5. The van der Waals surface area contributed by atoms with E-state index in [4.69, 9.17) is 14.2 Å². The van der Waals surface area contributed by atoms with Crippen molar-refractivity contribution in [2.24, 2.45) is 0 Å². The highest BCUT2D eigenvalue weighted by molar-refractivity contribution is 5.73. The number of hydrogen-bond acceptors (Lipinski definition) is 11. The standard InChI is InChI=1S/C31H50N4O11/c1-2-44-18-19-45-20-21-46-26-8-6-25(7-9-26)4-3-5-27(31(42)43)35-16-14-33(23-29(38)39)12-10-32(22-28(36)37)11-13-34(15-17-35)24-30(40)41/h6-9,27H,2-5,10-24H2,1H3,(H,36,37)(H,38,39)(H,40,41)(H,42,43). The Morgan fingerprint density at radius 3 is 1.59 bits per heavy atom. The highest BCUT2D eigenvalue weighted by Crippen LogP contribution is 2.16. The van der Waals surface area contributed by atoms with Crippen LogP contribution in [0.25, 0.3) is 0 Å². The summed E-state index contributed by atoms with van der Waals surface area (Å²) in [4.78, 5) is 53.7. The highest BCUT2D eigenvalue weighted by Gasteiger charge is 2.27. The van der Waals surface area contributed by atoms with Gasteiger partial charge in [0, 0.05) is 59.0 Å². The zero-order valence-corrected chi connectivity index (χ0v) is 26.8. The summed E-state index contributed by atoms with van der Waals surface area (Å²) in [6.07, 6.45) is 1.58. The molecule has 260 valence electrons. The SMILES string of the molecule is CCOCCOCCOc1ccc(CCCC(C(=O)O)N2CCN(CC(=O)O)CCN(CC(=O)O)CCN(CC(=O)O)CC2)cc1. The van der Waals surface area contributed by atoms with E-state index in [9.17, 15) is 39.6 Å². The lowest BCUT2D eigenvalue weighted by molar-refractivity contribution is -0.145. The van der Waals surface area contributed by atoms with Crippen LogP contribution in [0.1, 0.15) is 25.3 Å². The van der Waals surface area contributed by atoms with Crippen molar-refractivity contribution in [1.82, 2.24) is 19.6 Å². The number of hydrogen-bond donors (Lipinski definition) is 4. The van der Waals surface area contributed by atoms with Gasteiger partial charge in [-0.05, 0) is 43.9 Å². The maximum absolute atomic E-state index is 12.5. The number of aliphatic carboxylic acids is 4. The molecule has 1 aromatic carbocycles. The molecule has 1 fully saturated rings. The van der Waals surface area contributed by atoms with Gasteiger partial charge in [0.15, 0.2) is 0 Å². The number of rotatable bonds is 20. The van der Waals surface area contributed by atoms with Crippen molar-refractivity contribution in [3.05, 3.63) is 29.8 Å². The quantitative estimate of drug-likeness (QED) is 0.141. The van der Waals surface area contributed by atoms with E-state index < -0.39 is 29.9 Å². The summed E-state index contributed by atoms with van der Waals surface area (Å²) >= 11 is 0. The molecule has 1 heterocycles. The Kier molecular flexibility index (Phi) is 18.8. The smallest absolute Gasteiger partial charge is 0.320 e. The zero-order valence-electron chi connectivity index (χ0n) is 26.8. The Morgan fingerprint density at radius 1 is 0.674 bits per heavy atom. The van der Waals surface area contributed by atoms with E-state index in [2.05, 4.69) is 0 Å². The largest absolute Gasteiger partial charge is 0.491 e. The fourth-order valence-corrected chi connectivity index (χ4v) is 5.21. The lowest BCUT2D eigenvalue weighted by Crippen LogP contribution is -2.51. The third-order valence-corrected chi connectivity index (χ3v) is 7.61. The van der Waals surface area contributed by atoms with Gasteiger partial charge in [-0.15, -0.1) is 0 Å². The van der Waals surface area contributed by atoms with Gasteiger partial charge in [-0.1, -0.05) is 12.1 Å². The van der Waals surface area contributed by atoms with Crippen LogP contribution in [0, 0.1) is 0 Å². The second kappa shape index (κ2) is 22.2. The van der Waals surface area contributed by atoms with Crippen LogP contribution in [-0.2, 0) is 35.1 Å². The molecular formula is C31H50N4O11. The molecule has 0 radical (unpaired) electrons. The van der Waals surface area contributed by atoms with Crippen LogP contribution < -0.4 is 4.74 Å². The first-order valence-electron chi connectivity index (χ1n) is 15.7. The summed E-state index contributed by atoms with van der Waals surface area (Å²) in [6.45, 7) is 5.83. The van der Waals surface area contributed by atoms with Crippen molar-refractivity contribution in [3.63, 3.8) is 0 Å². The Hall–Kier alpha value is -3.34. The Labute approximate surface area is 270 Å². The Bertz CT molecular complexity index is 1030. The number of benzene rings is 1. The van der Waals surface area contributed by atoms with Crippen LogP contribution in [0.15, 0.2) is 24.3 Å². The maximum Gasteiger partial charge on any atom is 0.320 e. The van der Waals surface area contributed by atoms with Crippen LogP contribution >= 0.6 is 0 Å². The number of carboxylic acid groups (broad SMARTS) is 4. The van der Waals surface area contributed by atoms with Gasteiger partial charge in [0.05, 0.1) is 39.5 Å². The van der Waals surface area contributed by atoms with Gasteiger partial charge in [-0.2, -0.15) is 0 Å². The molecule has 46 heavy (non-hydrogen) atoms. The molecule has 0 aromatic heterocycles. The summed E-state index contributed by atoms with van der Waals surface area (Å²) in [7, 11) is 0. The van der Waals surface area contributed by atoms with Crippen molar-refractivity contribution >= 4 is 23.9 Å². The molecule has 1 unspecified atom stereocenters. The van der Waals surface area contributed by atoms with Crippen LogP contribution in [0.4, 0.5) is 0 Å². The van der Waals surface area contributed by atoms with Gasteiger partial charge >= 0.3 is 23.9 Å². The van der Waals surface area contributed by atoms with E-state index in [1.54, 1.807) is 19.6 Å². The van der Waals surface area contributed by atoms with Crippen LogP contribution in [0.3, 0.4) is 0 Å². The molecule has 0 spiro atoms. The van der Waals surface area contributed by atoms with E-state index in [0.717, 1.165) is 5.56 Å². The molecule has 1 aromatic rings. The van der Waals surface area contributed by atoms with Crippen LogP contribution in [0.5, 0.6) is 5.75 Å². The number of ether oxygens (including phenoxy) is 3. The van der Waals surface area contributed by atoms with Gasteiger partial charge in [0.25, 0.3) is 0 Å². The first-order chi connectivity index (χ1) is 22.1. The van der Waals surface area contributed by atoms with Gasteiger partial charge in [-0.25, -0.2) is 0 Å². The molecule has 2 rings (SSSR count). The van der Waals surface area contributed by atoms with Gasteiger partial charge in [-0.3, -0.25) is 38.8 Å². The number of nitrogens with zero attached hydrogens (tertiary/aromatic N) is 4. The van der Waals surface area contributed by atoms with Gasteiger partial charge < -0.3 is 34.6 Å². The minimum atomic E-state index is -1.03. The predicted octanol–water partition coefficient (Wildman–Crippen LogP) is 0.370. The van der Waals surface area contributed by atoms with Crippen LogP contribution in [-0.4, -0.2) is 175 Å². The normalized spacial score (nSPS) is 17.1. The molecule has 15 nitrogen and oxygen atoms in total. The van der Waals surface area contributed by atoms with Crippen molar-refractivity contribution in [3.8, 4) is 5.75 Å². The molecule has 0 saturated carbocycles. The second-order valence-corrected chi connectivity index (χ2v) is 11.1. The second-order valence-electron chi connectivity index (χ2n) is 11.1. The average Bonchev–Trinajstić information content (AvgIpc) is 2.99. The minimum absolute atomic E-state index is 0.255.